The minimum atomic E-state index is -0.325. The Morgan fingerprint density at radius 3 is 2.62 bits per heavy atom. The molecule has 0 aliphatic carbocycles. The third kappa shape index (κ3) is 3.73. The maximum Gasteiger partial charge on any atom is 0.269 e. The molecule has 0 spiro atoms. The van der Waals surface area contributed by atoms with Gasteiger partial charge in [-0.2, -0.15) is 0 Å². The number of non-ortho nitro benzene ring substituents is 1. The van der Waals surface area contributed by atoms with E-state index in [4.69, 9.17) is 0 Å². The van der Waals surface area contributed by atoms with E-state index in [9.17, 15) is 10.1 Å². The van der Waals surface area contributed by atoms with Gasteiger partial charge in [-0.3, -0.25) is 15.0 Å². The summed E-state index contributed by atoms with van der Waals surface area (Å²) in [4.78, 5) is 12.8. The fraction of sp³-hybridized carbons (Fsp3) is 0.600. The molecule has 5 nitrogen and oxygen atoms in total. The number of rotatable bonds is 4. The number of halogens is 1. The van der Waals surface area contributed by atoms with Crippen molar-refractivity contribution >= 4 is 18.1 Å². The van der Waals surface area contributed by atoms with Crippen LogP contribution in [0.3, 0.4) is 0 Å². The molecular formula is C15H22ClN3O2. The van der Waals surface area contributed by atoms with Gasteiger partial charge in [-0.15, -0.1) is 12.4 Å². The molecule has 0 amide bonds. The van der Waals surface area contributed by atoms with E-state index >= 15 is 0 Å². The van der Waals surface area contributed by atoms with Crippen molar-refractivity contribution in [3.05, 3.63) is 39.9 Å². The lowest BCUT2D eigenvalue weighted by Gasteiger charge is -2.35. The summed E-state index contributed by atoms with van der Waals surface area (Å²) in [6.45, 7) is 0.784. The summed E-state index contributed by atoms with van der Waals surface area (Å²) in [5.74, 6) is 0. The zero-order valence-electron chi connectivity index (χ0n) is 12.2. The summed E-state index contributed by atoms with van der Waals surface area (Å²) < 4.78 is 0. The van der Waals surface area contributed by atoms with Crippen LogP contribution in [0.25, 0.3) is 0 Å². The zero-order valence-corrected chi connectivity index (χ0v) is 13.0. The summed E-state index contributed by atoms with van der Waals surface area (Å²) in [6, 6.07) is 8.91. The van der Waals surface area contributed by atoms with Gasteiger partial charge in [-0.25, -0.2) is 0 Å². The monoisotopic (exact) mass is 311 g/mol. The summed E-state index contributed by atoms with van der Waals surface area (Å²) >= 11 is 0. The fourth-order valence-corrected chi connectivity index (χ4v) is 3.57. The van der Waals surface area contributed by atoms with Gasteiger partial charge in [0.1, 0.15) is 0 Å². The SMILES string of the molecule is CN(Cc1cccc([N+](=O)[O-])c1)C1CC2CCC(C1)N2.Cl. The molecule has 2 bridgehead atoms. The molecule has 2 fully saturated rings. The van der Waals surface area contributed by atoms with Crippen LogP contribution in [0.5, 0.6) is 0 Å². The molecule has 1 aromatic rings. The van der Waals surface area contributed by atoms with E-state index < -0.39 is 0 Å². The second-order valence-electron chi connectivity index (χ2n) is 6.11. The lowest BCUT2D eigenvalue weighted by Crippen LogP contribution is -2.46. The minimum absolute atomic E-state index is 0. The number of nitro benzene ring substituents is 1. The molecule has 2 saturated heterocycles. The van der Waals surface area contributed by atoms with Crippen LogP contribution >= 0.6 is 12.4 Å². The van der Waals surface area contributed by atoms with Gasteiger partial charge in [-0.05, 0) is 38.3 Å². The van der Waals surface area contributed by atoms with E-state index in [0.29, 0.717) is 18.1 Å². The molecule has 2 aliphatic rings. The van der Waals surface area contributed by atoms with Gasteiger partial charge in [-0.1, -0.05) is 12.1 Å². The standard InChI is InChI=1S/C15H21N3O2.ClH/c1-17(15-8-12-5-6-13(9-15)16-12)10-11-3-2-4-14(7-11)18(19)20;/h2-4,7,12-13,15-16H,5-6,8-10H2,1H3;1H. The third-order valence-corrected chi connectivity index (χ3v) is 4.62. The van der Waals surface area contributed by atoms with E-state index in [2.05, 4.69) is 17.3 Å². The predicted molar refractivity (Wildman–Crippen MR) is 84.8 cm³/mol. The van der Waals surface area contributed by atoms with Crippen molar-refractivity contribution in [2.75, 3.05) is 7.05 Å². The van der Waals surface area contributed by atoms with Crippen LogP contribution in [0.4, 0.5) is 5.69 Å². The number of hydrogen-bond donors (Lipinski definition) is 1. The van der Waals surface area contributed by atoms with Crippen molar-refractivity contribution < 1.29 is 4.92 Å². The smallest absolute Gasteiger partial charge is 0.269 e. The molecule has 0 aromatic heterocycles. The Hall–Kier alpha value is -1.17. The first-order chi connectivity index (χ1) is 9.61. The van der Waals surface area contributed by atoms with Crippen molar-refractivity contribution in [1.82, 2.24) is 10.2 Å². The molecule has 2 unspecified atom stereocenters. The Balaban J connectivity index is 0.00000161. The Kier molecular flexibility index (Phi) is 5.19. The number of hydrogen-bond acceptors (Lipinski definition) is 4. The topological polar surface area (TPSA) is 58.4 Å². The van der Waals surface area contributed by atoms with Crippen molar-refractivity contribution in [2.24, 2.45) is 0 Å². The van der Waals surface area contributed by atoms with E-state index in [1.54, 1.807) is 18.2 Å². The number of piperidine rings is 1. The Bertz CT molecular complexity index is 499. The highest BCUT2D eigenvalue weighted by atomic mass is 35.5. The first kappa shape index (κ1) is 16.2. The fourth-order valence-electron chi connectivity index (χ4n) is 3.57. The van der Waals surface area contributed by atoms with Crippen LogP contribution < -0.4 is 5.32 Å². The van der Waals surface area contributed by atoms with Crippen LogP contribution in [0.15, 0.2) is 24.3 Å². The average molecular weight is 312 g/mol. The van der Waals surface area contributed by atoms with Gasteiger partial charge in [0.15, 0.2) is 0 Å². The number of nitro groups is 1. The van der Waals surface area contributed by atoms with Gasteiger partial charge in [0.05, 0.1) is 4.92 Å². The highest BCUT2D eigenvalue weighted by molar-refractivity contribution is 5.85. The molecule has 116 valence electrons. The van der Waals surface area contributed by atoms with Crippen molar-refractivity contribution in [2.45, 2.75) is 50.4 Å². The van der Waals surface area contributed by atoms with Gasteiger partial charge in [0, 0.05) is 36.8 Å². The van der Waals surface area contributed by atoms with Gasteiger partial charge < -0.3 is 5.32 Å². The van der Waals surface area contributed by atoms with E-state index in [1.807, 2.05) is 6.07 Å². The lowest BCUT2D eigenvalue weighted by atomic mass is 9.98. The van der Waals surface area contributed by atoms with E-state index in [1.165, 1.54) is 25.7 Å². The normalized spacial score (nSPS) is 27.4. The van der Waals surface area contributed by atoms with Crippen LogP contribution in [-0.2, 0) is 6.54 Å². The van der Waals surface area contributed by atoms with Crippen molar-refractivity contribution in [3.8, 4) is 0 Å². The average Bonchev–Trinajstić information content (AvgIpc) is 2.77. The van der Waals surface area contributed by atoms with E-state index in [0.717, 1.165) is 12.1 Å². The highest BCUT2D eigenvalue weighted by Crippen LogP contribution is 2.30. The first-order valence-corrected chi connectivity index (χ1v) is 7.31. The predicted octanol–water partition coefficient (Wildman–Crippen LogP) is 2.73. The van der Waals surface area contributed by atoms with Crippen LogP contribution in [-0.4, -0.2) is 35.0 Å². The minimum Gasteiger partial charge on any atom is -0.311 e. The second kappa shape index (κ2) is 6.73. The maximum atomic E-state index is 10.8. The molecule has 21 heavy (non-hydrogen) atoms. The summed E-state index contributed by atoms with van der Waals surface area (Å²) in [5, 5.41) is 14.5. The molecule has 0 saturated carbocycles. The van der Waals surface area contributed by atoms with Crippen molar-refractivity contribution in [3.63, 3.8) is 0 Å². The molecule has 0 radical (unpaired) electrons. The third-order valence-electron chi connectivity index (χ3n) is 4.62. The van der Waals surface area contributed by atoms with Gasteiger partial charge >= 0.3 is 0 Å². The summed E-state index contributed by atoms with van der Waals surface area (Å²) in [5.41, 5.74) is 1.20. The first-order valence-electron chi connectivity index (χ1n) is 7.31. The van der Waals surface area contributed by atoms with Gasteiger partial charge in [0.2, 0.25) is 0 Å². The lowest BCUT2D eigenvalue weighted by molar-refractivity contribution is -0.384. The second-order valence-corrected chi connectivity index (χ2v) is 6.11. The molecule has 1 N–H and O–H groups in total. The Morgan fingerprint density at radius 2 is 2.00 bits per heavy atom. The maximum absolute atomic E-state index is 10.8. The summed E-state index contributed by atoms with van der Waals surface area (Å²) in [6.07, 6.45) is 4.99. The zero-order chi connectivity index (χ0) is 14.1. The summed E-state index contributed by atoms with van der Waals surface area (Å²) in [7, 11) is 2.13. The molecular weight excluding hydrogens is 290 g/mol. The van der Waals surface area contributed by atoms with Crippen molar-refractivity contribution in [1.29, 1.82) is 0 Å². The number of nitrogens with one attached hydrogen (secondary N) is 1. The highest BCUT2D eigenvalue weighted by Gasteiger charge is 2.34. The van der Waals surface area contributed by atoms with Crippen LogP contribution in [0.1, 0.15) is 31.2 Å². The largest absolute Gasteiger partial charge is 0.311 e. The molecule has 3 rings (SSSR count). The van der Waals surface area contributed by atoms with E-state index in [-0.39, 0.29) is 23.0 Å². The molecule has 2 atom stereocenters. The number of benzene rings is 1. The number of nitrogens with zero attached hydrogens (tertiary/aromatic N) is 2. The molecule has 1 aromatic carbocycles. The van der Waals surface area contributed by atoms with Crippen LogP contribution in [0, 0.1) is 10.1 Å². The Labute approximate surface area is 131 Å². The van der Waals surface area contributed by atoms with Gasteiger partial charge in [0.25, 0.3) is 5.69 Å². The van der Waals surface area contributed by atoms with Crippen LogP contribution in [0.2, 0.25) is 0 Å². The number of fused-ring (bicyclic) bond motifs is 2. The molecule has 2 aliphatic heterocycles. The molecule has 6 heteroatoms. The Morgan fingerprint density at radius 1 is 1.33 bits per heavy atom. The quantitative estimate of drug-likeness (QED) is 0.686. The molecule has 2 heterocycles.